The maximum absolute atomic E-state index is 14.5. The van der Waals surface area contributed by atoms with Crippen LogP contribution in [0.15, 0.2) is 36.4 Å². The van der Waals surface area contributed by atoms with Crippen LogP contribution in [0.2, 0.25) is 0 Å². The number of halogens is 1. The number of aromatic hydroxyl groups is 1. The number of nitrogens with one attached hydrogen (secondary N) is 2. The van der Waals surface area contributed by atoms with Gasteiger partial charge >= 0.3 is 6.03 Å². The van der Waals surface area contributed by atoms with E-state index in [1.165, 1.54) is 18.1 Å². The summed E-state index contributed by atoms with van der Waals surface area (Å²) in [5, 5.41) is 14.0. The van der Waals surface area contributed by atoms with Crippen molar-refractivity contribution in [2.24, 2.45) is 0 Å². The summed E-state index contributed by atoms with van der Waals surface area (Å²) in [5.41, 5.74) is 1.88. The third-order valence-electron chi connectivity index (χ3n) is 7.39. The Hall–Kier alpha value is -3.63. The van der Waals surface area contributed by atoms with Gasteiger partial charge in [0.2, 0.25) is 0 Å². The number of amides is 3. The molecule has 9 nitrogen and oxygen atoms in total. The van der Waals surface area contributed by atoms with E-state index in [2.05, 4.69) is 10.3 Å². The summed E-state index contributed by atoms with van der Waals surface area (Å²) < 4.78 is 24.8. The van der Waals surface area contributed by atoms with E-state index in [1.807, 2.05) is 6.07 Å². The minimum absolute atomic E-state index is 0.115. The fourth-order valence-corrected chi connectivity index (χ4v) is 5.62. The number of imide groups is 1. The van der Waals surface area contributed by atoms with Crippen molar-refractivity contribution < 1.29 is 28.6 Å². The van der Waals surface area contributed by atoms with Crippen molar-refractivity contribution in [2.75, 3.05) is 40.5 Å². The normalized spacial score (nSPS) is 21.0. The Morgan fingerprint density at radius 3 is 2.76 bits per heavy atom. The largest absolute Gasteiger partial charge is 0.508 e. The van der Waals surface area contributed by atoms with Crippen LogP contribution >= 0.6 is 0 Å². The van der Waals surface area contributed by atoms with Gasteiger partial charge in [0, 0.05) is 55.8 Å². The van der Waals surface area contributed by atoms with Gasteiger partial charge in [0.25, 0.3) is 5.91 Å². The summed E-state index contributed by atoms with van der Waals surface area (Å²) in [7, 11) is 3.03. The number of hydrogen-bond acceptors (Lipinski definition) is 6. The third kappa shape index (κ3) is 4.19. The van der Waals surface area contributed by atoms with Crippen LogP contribution in [0.1, 0.15) is 29.8 Å². The Balaban J connectivity index is 1.57. The molecule has 3 N–H and O–H groups in total. The number of H-pyrrole nitrogens is 1. The number of phenolic OH excluding ortho intramolecular Hbond substituents is 1. The number of carbonyl (C=O) groups is 2. The minimum atomic E-state index is -1.12. The van der Waals surface area contributed by atoms with Crippen molar-refractivity contribution in [3.05, 3.63) is 59.0 Å². The fourth-order valence-electron chi connectivity index (χ4n) is 5.62. The highest BCUT2D eigenvalue weighted by Crippen LogP contribution is 2.48. The number of rotatable bonds is 9. The van der Waals surface area contributed by atoms with Crippen LogP contribution < -0.4 is 10.1 Å². The predicted molar refractivity (Wildman–Crippen MR) is 135 cm³/mol. The number of hydrogen-bond donors (Lipinski definition) is 3. The SMILES string of the molecule is COCCNCCN1C(=O)N2C(Cc3cccc(O)c3)c3[nH]c4cc(F)c(OC)cc4c3C[C@@]2(C)C1=O. The molecule has 3 heterocycles. The molecule has 1 saturated heterocycles. The molecule has 1 aromatic heterocycles. The van der Waals surface area contributed by atoms with E-state index >= 15 is 0 Å². The number of fused-ring (bicyclic) bond motifs is 4. The van der Waals surface area contributed by atoms with Crippen molar-refractivity contribution in [3.63, 3.8) is 0 Å². The molecule has 5 rings (SSSR count). The van der Waals surface area contributed by atoms with Crippen molar-refractivity contribution in [3.8, 4) is 11.5 Å². The van der Waals surface area contributed by atoms with Gasteiger partial charge in [0.05, 0.1) is 19.8 Å². The van der Waals surface area contributed by atoms with Gasteiger partial charge in [-0.1, -0.05) is 12.1 Å². The molecule has 196 valence electrons. The number of aromatic amines is 1. The van der Waals surface area contributed by atoms with Crippen LogP contribution in [0.4, 0.5) is 9.18 Å². The number of urea groups is 1. The second kappa shape index (κ2) is 9.68. The number of benzene rings is 2. The third-order valence-corrected chi connectivity index (χ3v) is 7.39. The van der Waals surface area contributed by atoms with Gasteiger partial charge in [-0.2, -0.15) is 0 Å². The standard InChI is InChI=1S/C27H31FN4O5/c1-27-15-19-18-13-23(37-3)20(28)14-21(18)30-24(19)22(12-16-5-4-6-17(33)11-16)32(27)26(35)31(25(27)34)9-7-29-8-10-36-2/h4-6,11,13-14,22,29-30,33H,7-10,12,15H2,1-3H3/t22?,27-/m0/s1. The summed E-state index contributed by atoms with van der Waals surface area (Å²) in [6.45, 7) is 3.63. The Bertz CT molecular complexity index is 1360. The zero-order valence-corrected chi connectivity index (χ0v) is 21.1. The summed E-state index contributed by atoms with van der Waals surface area (Å²) >= 11 is 0. The van der Waals surface area contributed by atoms with Gasteiger partial charge < -0.3 is 29.8 Å². The first-order valence-electron chi connectivity index (χ1n) is 12.3. The summed E-state index contributed by atoms with van der Waals surface area (Å²) in [5.74, 6) is -0.526. The molecule has 37 heavy (non-hydrogen) atoms. The number of carbonyl (C=O) groups excluding carboxylic acids is 2. The molecular formula is C27H31FN4O5. The van der Waals surface area contributed by atoms with Crippen molar-refractivity contribution in [1.29, 1.82) is 0 Å². The van der Waals surface area contributed by atoms with Gasteiger partial charge in [-0.15, -0.1) is 0 Å². The number of nitrogens with zero attached hydrogens (tertiary/aromatic N) is 2. The van der Waals surface area contributed by atoms with Crippen LogP contribution in [-0.2, 0) is 22.4 Å². The first kappa shape index (κ1) is 25.0. The van der Waals surface area contributed by atoms with Gasteiger partial charge in [-0.05, 0) is 42.7 Å². The Morgan fingerprint density at radius 1 is 1.22 bits per heavy atom. The Morgan fingerprint density at radius 2 is 2.03 bits per heavy atom. The molecule has 2 aromatic carbocycles. The number of phenols is 1. The molecule has 10 heteroatoms. The second-order valence-corrected chi connectivity index (χ2v) is 9.74. The molecule has 2 aliphatic heterocycles. The van der Waals surface area contributed by atoms with Gasteiger partial charge in [0.1, 0.15) is 11.3 Å². The summed E-state index contributed by atoms with van der Waals surface area (Å²) in [4.78, 5) is 33.8. The van der Waals surface area contributed by atoms with Crippen LogP contribution in [0.3, 0.4) is 0 Å². The topological polar surface area (TPSA) is 107 Å². The lowest BCUT2D eigenvalue weighted by molar-refractivity contribution is -0.133. The van der Waals surface area contributed by atoms with Crippen LogP contribution in [0, 0.1) is 5.82 Å². The van der Waals surface area contributed by atoms with E-state index in [0.717, 1.165) is 22.2 Å². The zero-order chi connectivity index (χ0) is 26.3. The number of ether oxygens (including phenoxy) is 2. The highest BCUT2D eigenvalue weighted by molar-refractivity contribution is 6.08. The van der Waals surface area contributed by atoms with Gasteiger partial charge in [-0.25, -0.2) is 9.18 Å². The van der Waals surface area contributed by atoms with Crippen molar-refractivity contribution >= 4 is 22.8 Å². The van der Waals surface area contributed by atoms with E-state index in [4.69, 9.17) is 9.47 Å². The van der Waals surface area contributed by atoms with Crippen LogP contribution in [0.25, 0.3) is 10.9 Å². The van der Waals surface area contributed by atoms with E-state index in [-0.39, 0.29) is 36.4 Å². The van der Waals surface area contributed by atoms with Crippen molar-refractivity contribution in [1.82, 2.24) is 20.1 Å². The molecule has 0 aliphatic carbocycles. The molecular weight excluding hydrogens is 479 g/mol. The van der Waals surface area contributed by atoms with E-state index in [1.54, 1.807) is 43.2 Å². The van der Waals surface area contributed by atoms with E-state index < -0.39 is 17.4 Å². The second-order valence-electron chi connectivity index (χ2n) is 9.74. The first-order chi connectivity index (χ1) is 17.8. The molecule has 0 spiro atoms. The van der Waals surface area contributed by atoms with Gasteiger partial charge in [0.15, 0.2) is 11.6 Å². The first-order valence-corrected chi connectivity index (χ1v) is 12.3. The Kier molecular flexibility index (Phi) is 6.55. The highest BCUT2D eigenvalue weighted by atomic mass is 19.1. The highest BCUT2D eigenvalue weighted by Gasteiger charge is 2.59. The zero-order valence-electron chi connectivity index (χ0n) is 21.1. The van der Waals surface area contributed by atoms with Crippen molar-refractivity contribution in [2.45, 2.75) is 31.3 Å². The lowest BCUT2D eigenvalue weighted by atomic mass is 9.81. The Labute approximate surface area is 214 Å². The predicted octanol–water partition coefficient (Wildman–Crippen LogP) is 3.12. The molecule has 2 aliphatic rings. The molecule has 3 aromatic rings. The minimum Gasteiger partial charge on any atom is -0.508 e. The fraction of sp³-hybridized carbons (Fsp3) is 0.407. The van der Waals surface area contributed by atoms with E-state index in [9.17, 15) is 19.1 Å². The number of methoxy groups -OCH3 is 2. The molecule has 0 saturated carbocycles. The van der Waals surface area contributed by atoms with E-state index in [0.29, 0.717) is 31.6 Å². The quantitative estimate of drug-likeness (QED) is 0.302. The average Bonchev–Trinajstić information content (AvgIpc) is 3.30. The number of aromatic nitrogens is 1. The molecule has 0 bridgehead atoms. The molecule has 3 amide bonds. The van der Waals surface area contributed by atoms with Crippen LogP contribution in [-0.4, -0.2) is 77.8 Å². The maximum Gasteiger partial charge on any atom is 0.328 e. The molecule has 0 radical (unpaired) electrons. The summed E-state index contributed by atoms with van der Waals surface area (Å²) in [6.07, 6.45) is 0.647. The molecule has 1 unspecified atom stereocenters. The van der Waals surface area contributed by atoms with Crippen LogP contribution in [0.5, 0.6) is 11.5 Å². The molecule has 1 fully saturated rings. The average molecular weight is 511 g/mol. The smallest absolute Gasteiger partial charge is 0.328 e. The molecule has 2 atom stereocenters. The monoisotopic (exact) mass is 510 g/mol. The maximum atomic E-state index is 14.5. The van der Waals surface area contributed by atoms with Gasteiger partial charge in [-0.3, -0.25) is 9.69 Å². The summed E-state index contributed by atoms with van der Waals surface area (Å²) in [6, 6.07) is 8.98. The lowest BCUT2D eigenvalue weighted by Gasteiger charge is -2.42. The lowest BCUT2D eigenvalue weighted by Crippen LogP contribution is -2.53.